The van der Waals surface area contributed by atoms with Crippen LogP contribution in [0.25, 0.3) is 10.2 Å². The molecule has 1 fully saturated rings. The maximum atomic E-state index is 12.2. The van der Waals surface area contributed by atoms with Crippen LogP contribution in [0.2, 0.25) is 0 Å². The number of hydrogen-bond acceptors (Lipinski definition) is 5. The van der Waals surface area contributed by atoms with Gasteiger partial charge in [0.05, 0.1) is 10.2 Å². The maximum absolute atomic E-state index is 12.2. The van der Waals surface area contributed by atoms with Crippen LogP contribution in [0.1, 0.15) is 23.2 Å². The normalized spacial score (nSPS) is 14.2. The van der Waals surface area contributed by atoms with Crippen molar-refractivity contribution in [2.45, 2.75) is 12.8 Å². The molecule has 1 saturated heterocycles. The molecule has 2 N–H and O–H groups in total. The van der Waals surface area contributed by atoms with Gasteiger partial charge in [-0.15, -0.1) is 0 Å². The third-order valence-electron chi connectivity index (χ3n) is 4.05. The van der Waals surface area contributed by atoms with Gasteiger partial charge < -0.3 is 15.2 Å². The lowest BCUT2D eigenvalue weighted by molar-refractivity contribution is 0.102. The number of pyridine rings is 1. The summed E-state index contributed by atoms with van der Waals surface area (Å²) >= 11 is 1.64. The minimum absolute atomic E-state index is 0.296. The predicted octanol–water partition coefficient (Wildman–Crippen LogP) is 2.84. The van der Waals surface area contributed by atoms with Gasteiger partial charge >= 0.3 is 0 Å². The Bertz CT molecular complexity index is 956. The number of carbonyl (C=O) groups is 1. The number of H-pyrrole nitrogens is 1. The highest BCUT2D eigenvalue weighted by Gasteiger charge is 2.16. The molecule has 1 aromatic carbocycles. The molecule has 3 heterocycles. The first-order valence-electron chi connectivity index (χ1n) is 7.85. The SMILES string of the molecule is O=C(Nc1ccc2nc(N3CCCC3)sc2c1)c1cc[nH]c(=O)c1. The van der Waals surface area contributed by atoms with Crippen LogP contribution < -0.4 is 15.8 Å². The zero-order valence-corrected chi connectivity index (χ0v) is 13.7. The topological polar surface area (TPSA) is 78.1 Å². The molecule has 1 amide bonds. The number of amides is 1. The summed E-state index contributed by atoms with van der Waals surface area (Å²) in [5.74, 6) is -0.301. The molecule has 24 heavy (non-hydrogen) atoms. The van der Waals surface area contributed by atoms with Gasteiger partial charge in [0, 0.05) is 36.6 Å². The summed E-state index contributed by atoms with van der Waals surface area (Å²) in [6, 6.07) is 8.54. The summed E-state index contributed by atoms with van der Waals surface area (Å²) in [7, 11) is 0. The molecule has 0 unspecified atom stereocenters. The van der Waals surface area contributed by atoms with Crippen molar-refractivity contribution in [3.63, 3.8) is 0 Å². The number of benzene rings is 1. The largest absolute Gasteiger partial charge is 0.348 e. The van der Waals surface area contributed by atoms with E-state index in [1.165, 1.54) is 25.1 Å². The lowest BCUT2D eigenvalue weighted by Crippen LogP contribution is -2.16. The molecule has 122 valence electrons. The highest BCUT2D eigenvalue weighted by Crippen LogP contribution is 2.32. The van der Waals surface area contributed by atoms with Gasteiger partial charge in [-0.1, -0.05) is 11.3 Å². The van der Waals surface area contributed by atoms with E-state index in [0.29, 0.717) is 11.3 Å². The fourth-order valence-electron chi connectivity index (χ4n) is 2.82. The first-order valence-corrected chi connectivity index (χ1v) is 8.66. The predicted molar refractivity (Wildman–Crippen MR) is 96.1 cm³/mol. The van der Waals surface area contributed by atoms with Crippen LogP contribution in [0.5, 0.6) is 0 Å². The Kier molecular flexibility index (Phi) is 3.78. The van der Waals surface area contributed by atoms with Gasteiger partial charge in [-0.3, -0.25) is 9.59 Å². The van der Waals surface area contributed by atoms with E-state index in [2.05, 4.69) is 20.2 Å². The zero-order chi connectivity index (χ0) is 16.5. The van der Waals surface area contributed by atoms with E-state index in [-0.39, 0.29) is 11.5 Å². The lowest BCUT2D eigenvalue weighted by Gasteiger charge is -2.11. The number of thiazole rings is 1. The molecule has 0 aliphatic carbocycles. The Hall–Kier alpha value is -2.67. The van der Waals surface area contributed by atoms with Crippen LogP contribution in [-0.4, -0.2) is 29.0 Å². The molecule has 4 rings (SSSR count). The number of nitrogens with one attached hydrogen (secondary N) is 2. The second-order valence-corrected chi connectivity index (χ2v) is 6.78. The highest BCUT2D eigenvalue weighted by atomic mass is 32.1. The molecule has 0 atom stereocenters. The Morgan fingerprint density at radius 2 is 2.04 bits per heavy atom. The van der Waals surface area contributed by atoms with E-state index in [0.717, 1.165) is 28.4 Å². The Balaban J connectivity index is 1.58. The van der Waals surface area contributed by atoms with Crippen LogP contribution in [0.3, 0.4) is 0 Å². The summed E-state index contributed by atoms with van der Waals surface area (Å²) in [5, 5.41) is 3.87. The van der Waals surface area contributed by atoms with Gasteiger partial charge in [-0.25, -0.2) is 4.98 Å². The van der Waals surface area contributed by atoms with E-state index in [1.54, 1.807) is 17.4 Å². The Labute approximate surface area is 142 Å². The van der Waals surface area contributed by atoms with Crippen molar-refractivity contribution in [1.82, 2.24) is 9.97 Å². The Morgan fingerprint density at radius 1 is 1.21 bits per heavy atom. The zero-order valence-electron chi connectivity index (χ0n) is 12.9. The van der Waals surface area contributed by atoms with E-state index in [9.17, 15) is 9.59 Å². The molecule has 2 aromatic heterocycles. The van der Waals surface area contributed by atoms with E-state index >= 15 is 0 Å². The van der Waals surface area contributed by atoms with Gasteiger partial charge in [0.1, 0.15) is 0 Å². The third kappa shape index (κ3) is 2.90. The van der Waals surface area contributed by atoms with Crippen molar-refractivity contribution in [2.24, 2.45) is 0 Å². The number of aromatic nitrogens is 2. The van der Waals surface area contributed by atoms with Gasteiger partial charge in [0.25, 0.3) is 5.91 Å². The summed E-state index contributed by atoms with van der Waals surface area (Å²) in [6.45, 7) is 2.12. The molecule has 0 saturated carbocycles. The lowest BCUT2D eigenvalue weighted by atomic mass is 10.2. The van der Waals surface area contributed by atoms with Crippen LogP contribution in [0, 0.1) is 0 Å². The highest BCUT2D eigenvalue weighted by molar-refractivity contribution is 7.22. The molecule has 1 aliphatic rings. The van der Waals surface area contributed by atoms with Crippen LogP contribution >= 0.6 is 11.3 Å². The van der Waals surface area contributed by atoms with Crippen molar-refractivity contribution < 1.29 is 4.79 Å². The summed E-state index contributed by atoms with van der Waals surface area (Å²) in [5.41, 5.74) is 1.68. The number of aromatic amines is 1. The third-order valence-corrected chi connectivity index (χ3v) is 5.13. The van der Waals surface area contributed by atoms with Gasteiger partial charge in [-0.2, -0.15) is 0 Å². The van der Waals surface area contributed by atoms with E-state index in [4.69, 9.17) is 0 Å². The first-order chi connectivity index (χ1) is 11.7. The molecule has 7 heteroatoms. The first kappa shape index (κ1) is 14.9. The average molecular weight is 340 g/mol. The molecular formula is C17H16N4O2S. The summed E-state index contributed by atoms with van der Waals surface area (Å²) in [4.78, 5) is 33.0. The molecule has 0 bridgehead atoms. The molecule has 1 aliphatic heterocycles. The van der Waals surface area contributed by atoms with E-state index < -0.39 is 0 Å². The van der Waals surface area contributed by atoms with E-state index in [1.807, 2.05) is 18.2 Å². The molecule has 3 aromatic rings. The van der Waals surface area contributed by atoms with Crippen LogP contribution in [-0.2, 0) is 0 Å². The van der Waals surface area contributed by atoms with Crippen LogP contribution in [0.15, 0.2) is 41.3 Å². The van der Waals surface area contributed by atoms with Gasteiger partial charge in [0.2, 0.25) is 5.56 Å². The Morgan fingerprint density at radius 3 is 2.83 bits per heavy atom. The fraction of sp³-hybridized carbons (Fsp3) is 0.235. The summed E-state index contributed by atoms with van der Waals surface area (Å²) < 4.78 is 1.04. The number of nitrogens with zero attached hydrogens (tertiary/aromatic N) is 2. The maximum Gasteiger partial charge on any atom is 0.255 e. The average Bonchev–Trinajstić information content (AvgIpc) is 3.23. The van der Waals surface area contributed by atoms with Crippen molar-refractivity contribution in [1.29, 1.82) is 0 Å². The second kappa shape index (κ2) is 6.09. The monoisotopic (exact) mass is 340 g/mol. The molecule has 6 nitrogen and oxygen atoms in total. The number of hydrogen-bond donors (Lipinski definition) is 2. The molecule has 0 spiro atoms. The smallest absolute Gasteiger partial charge is 0.255 e. The number of carbonyl (C=O) groups excluding carboxylic acids is 1. The standard InChI is InChI=1S/C17H16N4O2S/c22-15-9-11(5-6-18-15)16(23)19-12-3-4-13-14(10-12)24-17(20-13)21-7-1-2-8-21/h3-6,9-10H,1-2,7-8H2,(H,18,22)(H,19,23). The van der Waals surface area contributed by atoms with Crippen molar-refractivity contribution in [3.05, 3.63) is 52.4 Å². The quantitative estimate of drug-likeness (QED) is 0.768. The molecule has 0 radical (unpaired) electrons. The number of fused-ring (bicyclic) bond motifs is 1. The summed E-state index contributed by atoms with van der Waals surface area (Å²) in [6.07, 6.45) is 3.90. The molecular weight excluding hydrogens is 324 g/mol. The number of rotatable bonds is 3. The van der Waals surface area contributed by atoms with Gasteiger partial charge in [0.15, 0.2) is 5.13 Å². The van der Waals surface area contributed by atoms with Crippen molar-refractivity contribution in [3.8, 4) is 0 Å². The second-order valence-electron chi connectivity index (χ2n) is 5.77. The van der Waals surface area contributed by atoms with Crippen molar-refractivity contribution in [2.75, 3.05) is 23.3 Å². The van der Waals surface area contributed by atoms with Gasteiger partial charge in [-0.05, 0) is 37.1 Å². The van der Waals surface area contributed by atoms with Crippen molar-refractivity contribution >= 4 is 38.3 Å². The minimum Gasteiger partial charge on any atom is -0.348 e. The number of anilines is 2. The van der Waals surface area contributed by atoms with Crippen LogP contribution in [0.4, 0.5) is 10.8 Å². The minimum atomic E-state index is -0.301. The fourth-order valence-corrected chi connectivity index (χ4v) is 3.88.